The molecule has 0 unspecified atom stereocenters. The number of aliphatic imine (C=N–C) groups is 1. The first-order valence-corrected chi connectivity index (χ1v) is 10.9. The Morgan fingerprint density at radius 2 is 1.93 bits per heavy atom. The van der Waals surface area contributed by atoms with Crippen LogP contribution in [0.2, 0.25) is 0 Å². The summed E-state index contributed by atoms with van der Waals surface area (Å²) < 4.78 is 0. The van der Waals surface area contributed by atoms with E-state index < -0.39 is 0 Å². The molecule has 0 atom stereocenters. The topological polar surface area (TPSA) is 72.8 Å². The largest absolute Gasteiger partial charge is 0.393 e. The zero-order chi connectivity index (χ0) is 19.8. The number of aliphatic hydroxyl groups is 1. The van der Waals surface area contributed by atoms with Crippen LogP contribution in [0.25, 0.3) is 0 Å². The third kappa shape index (κ3) is 6.58. The van der Waals surface area contributed by atoms with Gasteiger partial charge in [-0.25, -0.2) is 9.98 Å². The third-order valence-electron chi connectivity index (χ3n) is 4.83. The van der Waals surface area contributed by atoms with Crippen LogP contribution in [-0.4, -0.2) is 46.7 Å². The predicted octanol–water partition coefficient (Wildman–Crippen LogP) is 2.66. The summed E-state index contributed by atoms with van der Waals surface area (Å²) in [5, 5.41) is 17.3. The summed E-state index contributed by atoms with van der Waals surface area (Å²) in [6.45, 7) is 9.20. The van der Waals surface area contributed by atoms with E-state index in [1.165, 1.54) is 16.0 Å². The standard InChI is InChI=1S/C21H31N5OS/c1-3-22-21(25-14-20-23-12-16(2)28-20)24-13-17-4-6-18(7-5-17)15-26-10-8-19(27)9-11-26/h4-7,12,19,27H,3,8-11,13-15H2,1-2H3,(H2,22,24,25). The monoisotopic (exact) mass is 401 g/mol. The van der Waals surface area contributed by atoms with Crippen molar-refractivity contribution in [2.75, 3.05) is 19.6 Å². The van der Waals surface area contributed by atoms with Crippen LogP contribution in [0.5, 0.6) is 0 Å². The van der Waals surface area contributed by atoms with Crippen molar-refractivity contribution >= 4 is 17.3 Å². The molecule has 1 fully saturated rings. The molecule has 1 aliphatic rings. The van der Waals surface area contributed by atoms with Crippen molar-refractivity contribution in [2.24, 2.45) is 4.99 Å². The molecule has 0 radical (unpaired) electrons. The Morgan fingerprint density at radius 3 is 2.57 bits per heavy atom. The van der Waals surface area contributed by atoms with Crippen LogP contribution in [0.1, 0.15) is 40.8 Å². The van der Waals surface area contributed by atoms with Crippen molar-refractivity contribution in [3.05, 3.63) is 51.5 Å². The highest BCUT2D eigenvalue weighted by Crippen LogP contribution is 2.14. The molecular weight excluding hydrogens is 370 g/mol. The molecule has 2 aromatic rings. The maximum atomic E-state index is 9.62. The minimum absolute atomic E-state index is 0.115. The number of thiazole rings is 1. The van der Waals surface area contributed by atoms with E-state index in [1.807, 2.05) is 6.20 Å². The van der Waals surface area contributed by atoms with E-state index in [1.54, 1.807) is 11.3 Å². The zero-order valence-electron chi connectivity index (χ0n) is 16.8. The van der Waals surface area contributed by atoms with Crippen LogP contribution >= 0.6 is 11.3 Å². The molecule has 0 bridgehead atoms. The molecule has 152 valence electrons. The van der Waals surface area contributed by atoms with E-state index in [9.17, 15) is 5.11 Å². The molecule has 0 aliphatic carbocycles. The van der Waals surface area contributed by atoms with Crippen molar-refractivity contribution < 1.29 is 5.11 Å². The molecular formula is C21H31N5OS. The molecule has 7 heteroatoms. The average molecular weight is 402 g/mol. The van der Waals surface area contributed by atoms with Gasteiger partial charge in [0.25, 0.3) is 0 Å². The van der Waals surface area contributed by atoms with Gasteiger partial charge in [-0.15, -0.1) is 11.3 Å². The van der Waals surface area contributed by atoms with E-state index in [2.05, 4.69) is 58.6 Å². The maximum Gasteiger partial charge on any atom is 0.191 e. The summed E-state index contributed by atoms with van der Waals surface area (Å²) in [4.78, 5) is 12.7. The average Bonchev–Trinajstić information content (AvgIpc) is 3.12. The number of guanidine groups is 1. The molecule has 1 saturated heterocycles. The van der Waals surface area contributed by atoms with Crippen LogP contribution in [0.15, 0.2) is 35.5 Å². The predicted molar refractivity (Wildman–Crippen MR) is 115 cm³/mol. The van der Waals surface area contributed by atoms with Gasteiger partial charge >= 0.3 is 0 Å². The summed E-state index contributed by atoms with van der Waals surface area (Å²) in [7, 11) is 0. The van der Waals surface area contributed by atoms with Crippen molar-refractivity contribution in [1.82, 2.24) is 20.5 Å². The van der Waals surface area contributed by atoms with Gasteiger partial charge in [-0.05, 0) is 37.8 Å². The van der Waals surface area contributed by atoms with Gasteiger partial charge in [-0.2, -0.15) is 0 Å². The Bertz CT molecular complexity index is 750. The van der Waals surface area contributed by atoms with Crippen molar-refractivity contribution in [3.63, 3.8) is 0 Å². The van der Waals surface area contributed by atoms with E-state index in [4.69, 9.17) is 4.99 Å². The lowest BCUT2D eigenvalue weighted by Gasteiger charge is -2.29. The van der Waals surface area contributed by atoms with Gasteiger partial charge in [0.2, 0.25) is 0 Å². The Morgan fingerprint density at radius 1 is 1.21 bits per heavy atom. The summed E-state index contributed by atoms with van der Waals surface area (Å²) in [5.41, 5.74) is 2.51. The highest BCUT2D eigenvalue weighted by atomic mass is 32.1. The molecule has 0 saturated carbocycles. The quantitative estimate of drug-likeness (QED) is 0.491. The fourth-order valence-corrected chi connectivity index (χ4v) is 3.97. The van der Waals surface area contributed by atoms with E-state index in [0.717, 1.165) is 50.0 Å². The number of rotatable bonds is 7. The molecule has 2 heterocycles. The van der Waals surface area contributed by atoms with Gasteiger partial charge in [-0.3, -0.25) is 4.90 Å². The SMILES string of the molecule is CCNC(=NCc1ccc(CN2CCC(O)CC2)cc1)NCc1ncc(C)s1. The van der Waals surface area contributed by atoms with Gasteiger partial charge < -0.3 is 15.7 Å². The Hall–Kier alpha value is -1.96. The van der Waals surface area contributed by atoms with Crippen LogP contribution in [-0.2, 0) is 19.6 Å². The van der Waals surface area contributed by atoms with Crippen LogP contribution in [0, 0.1) is 6.92 Å². The van der Waals surface area contributed by atoms with Gasteiger partial charge in [0, 0.05) is 37.3 Å². The maximum absolute atomic E-state index is 9.62. The first kappa shape index (κ1) is 20.8. The highest BCUT2D eigenvalue weighted by Gasteiger charge is 2.16. The molecule has 0 amide bonds. The summed E-state index contributed by atoms with van der Waals surface area (Å²) in [5.74, 6) is 0.811. The van der Waals surface area contributed by atoms with Gasteiger partial charge in [0.05, 0.1) is 19.2 Å². The second-order valence-corrected chi connectivity index (χ2v) is 8.56. The second-order valence-electron chi connectivity index (χ2n) is 7.24. The Balaban J connectivity index is 1.50. The lowest BCUT2D eigenvalue weighted by Crippen LogP contribution is -2.36. The minimum Gasteiger partial charge on any atom is -0.393 e. The fraction of sp³-hybridized carbons (Fsp3) is 0.524. The number of aliphatic hydroxyl groups excluding tert-OH is 1. The van der Waals surface area contributed by atoms with E-state index >= 15 is 0 Å². The molecule has 1 aromatic carbocycles. The summed E-state index contributed by atoms with van der Waals surface area (Å²) in [6.07, 6.45) is 3.55. The minimum atomic E-state index is -0.115. The first-order chi connectivity index (χ1) is 13.6. The summed E-state index contributed by atoms with van der Waals surface area (Å²) in [6, 6.07) is 8.69. The zero-order valence-corrected chi connectivity index (χ0v) is 17.6. The number of benzene rings is 1. The van der Waals surface area contributed by atoms with Gasteiger partial charge in [0.15, 0.2) is 5.96 Å². The molecule has 1 aliphatic heterocycles. The number of likely N-dealkylation sites (tertiary alicyclic amines) is 1. The Labute approximate surface area is 171 Å². The lowest BCUT2D eigenvalue weighted by atomic mass is 10.1. The van der Waals surface area contributed by atoms with Gasteiger partial charge in [0.1, 0.15) is 5.01 Å². The van der Waals surface area contributed by atoms with Crippen molar-refractivity contribution in [1.29, 1.82) is 0 Å². The fourth-order valence-electron chi connectivity index (χ4n) is 3.24. The summed E-state index contributed by atoms with van der Waals surface area (Å²) >= 11 is 1.70. The number of aryl methyl sites for hydroxylation is 1. The Kier molecular flexibility index (Phi) is 7.82. The van der Waals surface area contributed by atoms with Crippen molar-refractivity contribution in [2.45, 2.75) is 52.4 Å². The van der Waals surface area contributed by atoms with Crippen LogP contribution < -0.4 is 10.6 Å². The van der Waals surface area contributed by atoms with E-state index in [0.29, 0.717) is 13.1 Å². The third-order valence-corrected chi connectivity index (χ3v) is 5.74. The molecule has 6 nitrogen and oxygen atoms in total. The van der Waals surface area contributed by atoms with Crippen LogP contribution in [0.4, 0.5) is 0 Å². The van der Waals surface area contributed by atoms with E-state index in [-0.39, 0.29) is 6.10 Å². The number of aromatic nitrogens is 1. The molecule has 3 rings (SSSR count). The number of hydrogen-bond acceptors (Lipinski definition) is 5. The number of nitrogens with zero attached hydrogens (tertiary/aromatic N) is 3. The first-order valence-electron chi connectivity index (χ1n) is 10.0. The van der Waals surface area contributed by atoms with Crippen LogP contribution in [0.3, 0.4) is 0 Å². The molecule has 0 spiro atoms. The molecule has 28 heavy (non-hydrogen) atoms. The highest BCUT2D eigenvalue weighted by molar-refractivity contribution is 7.11. The molecule has 3 N–H and O–H groups in total. The lowest BCUT2D eigenvalue weighted by molar-refractivity contribution is 0.0792. The van der Waals surface area contributed by atoms with Crippen molar-refractivity contribution in [3.8, 4) is 0 Å². The number of hydrogen-bond donors (Lipinski definition) is 3. The normalized spacial score (nSPS) is 16.3. The number of nitrogens with one attached hydrogen (secondary N) is 2. The smallest absolute Gasteiger partial charge is 0.191 e. The second kappa shape index (κ2) is 10.5. The molecule has 1 aromatic heterocycles. The number of piperidine rings is 1. The van der Waals surface area contributed by atoms with Gasteiger partial charge in [-0.1, -0.05) is 24.3 Å².